The lowest BCUT2D eigenvalue weighted by atomic mass is 10.0. The molecular formula is C32H50N6O4. The molecule has 10 heteroatoms. The minimum absolute atomic E-state index is 0.0212. The van der Waals surface area contributed by atoms with Crippen LogP contribution in [0, 0.1) is 10.1 Å². The first-order valence-electron chi connectivity index (χ1n) is 16.2. The van der Waals surface area contributed by atoms with Crippen LogP contribution in [0.15, 0.2) is 24.5 Å². The summed E-state index contributed by atoms with van der Waals surface area (Å²) in [5, 5.41) is 15.3. The second kappa shape index (κ2) is 17.7. The van der Waals surface area contributed by atoms with Crippen molar-refractivity contribution in [2.75, 3.05) is 49.7 Å². The zero-order chi connectivity index (χ0) is 29.4. The highest BCUT2D eigenvalue weighted by molar-refractivity contribution is 5.70. The summed E-state index contributed by atoms with van der Waals surface area (Å²) in [6.07, 6.45) is 19.7. The maximum Gasteiger partial charge on any atom is 0.353 e. The van der Waals surface area contributed by atoms with E-state index in [4.69, 9.17) is 9.47 Å². The molecule has 10 nitrogen and oxygen atoms in total. The molecule has 42 heavy (non-hydrogen) atoms. The minimum Gasteiger partial charge on any atom is -0.454 e. The molecule has 0 aliphatic carbocycles. The first kappa shape index (κ1) is 31.8. The van der Waals surface area contributed by atoms with E-state index in [9.17, 15) is 10.1 Å². The summed E-state index contributed by atoms with van der Waals surface area (Å²) in [6, 6.07) is 6.04. The first-order valence-corrected chi connectivity index (χ1v) is 16.2. The predicted molar refractivity (Wildman–Crippen MR) is 168 cm³/mol. The molecule has 0 saturated carbocycles. The van der Waals surface area contributed by atoms with Crippen molar-refractivity contribution in [3.05, 3.63) is 40.2 Å². The van der Waals surface area contributed by atoms with Crippen molar-refractivity contribution in [2.45, 2.75) is 103 Å². The van der Waals surface area contributed by atoms with Gasteiger partial charge in [-0.15, -0.1) is 0 Å². The molecule has 1 aromatic heterocycles. The largest absolute Gasteiger partial charge is 0.454 e. The molecule has 0 unspecified atom stereocenters. The number of ether oxygens (including phenoxy) is 2. The Morgan fingerprint density at radius 1 is 0.833 bits per heavy atom. The number of benzene rings is 1. The lowest BCUT2D eigenvalue weighted by Gasteiger charge is -2.35. The van der Waals surface area contributed by atoms with Crippen LogP contribution >= 0.6 is 0 Å². The Morgan fingerprint density at radius 2 is 1.45 bits per heavy atom. The van der Waals surface area contributed by atoms with E-state index in [1.807, 2.05) is 17.0 Å². The lowest BCUT2D eigenvalue weighted by Crippen LogP contribution is -2.46. The fraction of sp³-hybridized carbons (Fsp3) is 0.688. The van der Waals surface area contributed by atoms with Crippen molar-refractivity contribution in [3.63, 3.8) is 0 Å². The van der Waals surface area contributed by atoms with Gasteiger partial charge in [-0.1, -0.05) is 96.5 Å². The van der Waals surface area contributed by atoms with E-state index in [1.165, 1.54) is 83.4 Å². The highest BCUT2D eigenvalue weighted by atomic mass is 16.7. The number of anilines is 2. The van der Waals surface area contributed by atoms with E-state index in [-0.39, 0.29) is 17.4 Å². The van der Waals surface area contributed by atoms with E-state index >= 15 is 0 Å². The van der Waals surface area contributed by atoms with Crippen LogP contribution in [0.25, 0.3) is 0 Å². The molecule has 0 atom stereocenters. The molecule has 2 aliphatic heterocycles. The van der Waals surface area contributed by atoms with Crippen LogP contribution in [0.3, 0.4) is 0 Å². The minimum atomic E-state index is -0.345. The van der Waals surface area contributed by atoms with Gasteiger partial charge in [0.05, 0.1) is 4.92 Å². The average Bonchev–Trinajstić information content (AvgIpc) is 3.47. The van der Waals surface area contributed by atoms with E-state index in [0.29, 0.717) is 31.3 Å². The highest BCUT2D eigenvalue weighted by Gasteiger charge is 2.29. The van der Waals surface area contributed by atoms with Crippen LogP contribution in [0.1, 0.15) is 102 Å². The van der Waals surface area contributed by atoms with E-state index in [0.717, 1.165) is 49.5 Å². The summed E-state index contributed by atoms with van der Waals surface area (Å²) in [5.74, 6) is 2.30. The maximum absolute atomic E-state index is 12.1. The normalized spacial score (nSPS) is 14.8. The Morgan fingerprint density at radius 3 is 2.10 bits per heavy atom. The third-order valence-electron chi connectivity index (χ3n) is 8.32. The molecule has 2 aliphatic rings. The van der Waals surface area contributed by atoms with Gasteiger partial charge < -0.3 is 19.7 Å². The molecule has 1 saturated heterocycles. The molecule has 0 bridgehead atoms. The van der Waals surface area contributed by atoms with Crippen molar-refractivity contribution >= 4 is 17.3 Å². The third kappa shape index (κ3) is 10.00. The van der Waals surface area contributed by atoms with Gasteiger partial charge in [-0.3, -0.25) is 15.0 Å². The predicted octanol–water partition coefficient (Wildman–Crippen LogP) is 7.33. The first-order chi connectivity index (χ1) is 20.7. The molecule has 2 aromatic rings. The SMILES string of the molecule is CCCCCCCCCCCCCCCCNc1ncnc(N2CCN(Cc3ccc4c(c3)OCO4)CC2)c1[N+](=O)[O-]. The Hall–Kier alpha value is -3.14. The van der Waals surface area contributed by atoms with Gasteiger partial charge in [-0.05, 0) is 24.1 Å². The Bertz CT molecular complexity index is 1090. The van der Waals surface area contributed by atoms with Crippen LogP contribution in [0.2, 0.25) is 0 Å². The number of nitrogens with zero attached hydrogens (tertiary/aromatic N) is 5. The van der Waals surface area contributed by atoms with Gasteiger partial charge in [0.2, 0.25) is 18.4 Å². The lowest BCUT2D eigenvalue weighted by molar-refractivity contribution is -0.383. The number of hydrogen-bond acceptors (Lipinski definition) is 9. The van der Waals surface area contributed by atoms with Crippen LogP contribution in [-0.4, -0.2) is 59.3 Å². The number of nitro groups is 1. The number of piperazine rings is 1. The standard InChI is InChI=1S/C32H50N6O4/c1-2-3-4-5-6-7-8-9-10-11-12-13-14-15-18-33-31-30(38(39)40)32(35-25-34-31)37-21-19-36(20-22-37)24-27-16-17-28-29(23-27)42-26-41-28/h16-17,23,25H,2-15,18-22,24,26H2,1H3,(H,33,34,35). The van der Waals surface area contributed by atoms with Crippen molar-refractivity contribution in [3.8, 4) is 11.5 Å². The quantitative estimate of drug-likeness (QED) is 0.0975. The van der Waals surface area contributed by atoms with Gasteiger partial charge in [-0.25, -0.2) is 9.97 Å². The summed E-state index contributed by atoms with van der Waals surface area (Å²) in [7, 11) is 0. The number of nitrogens with one attached hydrogen (secondary N) is 1. The molecule has 0 radical (unpaired) electrons. The van der Waals surface area contributed by atoms with Crippen LogP contribution < -0.4 is 19.7 Å². The van der Waals surface area contributed by atoms with Crippen molar-refractivity contribution in [1.82, 2.24) is 14.9 Å². The van der Waals surface area contributed by atoms with Crippen molar-refractivity contribution in [2.24, 2.45) is 0 Å². The topological polar surface area (TPSA) is 106 Å². The van der Waals surface area contributed by atoms with Gasteiger partial charge in [0.15, 0.2) is 11.5 Å². The molecule has 1 aromatic carbocycles. The number of hydrogen-bond donors (Lipinski definition) is 1. The van der Waals surface area contributed by atoms with Crippen LogP contribution in [-0.2, 0) is 6.54 Å². The maximum atomic E-state index is 12.1. The molecule has 232 valence electrons. The number of fused-ring (bicyclic) bond motifs is 1. The smallest absolute Gasteiger partial charge is 0.353 e. The molecule has 1 fully saturated rings. The van der Waals surface area contributed by atoms with Crippen LogP contribution in [0.4, 0.5) is 17.3 Å². The fourth-order valence-corrected chi connectivity index (χ4v) is 5.84. The molecule has 4 rings (SSSR count). The molecule has 1 N–H and O–H groups in total. The Labute approximate surface area is 251 Å². The van der Waals surface area contributed by atoms with Gasteiger partial charge in [0, 0.05) is 39.3 Å². The Balaban J connectivity index is 1.12. The highest BCUT2D eigenvalue weighted by Crippen LogP contribution is 2.34. The summed E-state index contributed by atoms with van der Waals surface area (Å²) in [5.41, 5.74) is 1.14. The Kier molecular flexibility index (Phi) is 13.4. The summed E-state index contributed by atoms with van der Waals surface area (Å²) < 4.78 is 10.9. The average molecular weight is 583 g/mol. The molecular weight excluding hydrogens is 532 g/mol. The fourth-order valence-electron chi connectivity index (χ4n) is 5.84. The zero-order valence-electron chi connectivity index (χ0n) is 25.5. The van der Waals surface area contributed by atoms with Gasteiger partial charge in [0.1, 0.15) is 6.33 Å². The third-order valence-corrected chi connectivity index (χ3v) is 8.32. The molecule has 3 heterocycles. The molecule has 0 spiro atoms. The van der Waals surface area contributed by atoms with Gasteiger partial charge in [0.25, 0.3) is 0 Å². The zero-order valence-corrected chi connectivity index (χ0v) is 25.5. The van der Waals surface area contributed by atoms with Crippen molar-refractivity contribution in [1.29, 1.82) is 0 Å². The number of unbranched alkanes of at least 4 members (excludes halogenated alkanes) is 13. The van der Waals surface area contributed by atoms with Crippen LogP contribution in [0.5, 0.6) is 11.5 Å². The monoisotopic (exact) mass is 582 g/mol. The van der Waals surface area contributed by atoms with E-state index in [1.54, 1.807) is 0 Å². The second-order valence-corrected chi connectivity index (χ2v) is 11.6. The summed E-state index contributed by atoms with van der Waals surface area (Å²) in [6.45, 7) is 6.92. The number of aromatic nitrogens is 2. The van der Waals surface area contributed by atoms with E-state index < -0.39 is 0 Å². The molecule has 0 amide bonds. The second-order valence-electron chi connectivity index (χ2n) is 11.6. The van der Waals surface area contributed by atoms with Gasteiger partial charge >= 0.3 is 5.69 Å². The van der Waals surface area contributed by atoms with Crippen molar-refractivity contribution < 1.29 is 14.4 Å². The van der Waals surface area contributed by atoms with Gasteiger partial charge in [-0.2, -0.15) is 0 Å². The van der Waals surface area contributed by atoms with E-state index in [2.05, 4.69) is 33.2 Å². The summed E-state index contributed by atoms with van der Waals surface area (Å²) in [4.78, 5) is 24.6. The summed E-state index contributed by atoms with van der Waals surface area (Å²) >= 11 is 0. The number of rotatable bonds is 20.